The van der Waals surface area contributed by atoms with E-state index in [-0.39, 0.29) is 11.8 Å². The van der Waals surface area contributed by atoms with Gasteiger partial charge < -0.3 is 0 Å². The SMILES string of the molecule is O=C(NN=Cc1ccnc2ccccc12)C1CC1c1ccccc1. The molecular weight excluding hydrogens is 298 g/mol. The van der Waals surface area contributed by atoms with Gasteiger partial charge in [0.25, 0.3) is 0 Å². The second-order valence-electron chi connectivity index (χ2n) is 6.01. The summed E-state index contributed by atoms with van der Waals surface area (Å²) in [7, 11) is 0. The van der Waals surface area contributed by atoms with Gasteiger partial charge >= 0.3 is 0 Å². The Hall–Kier alpha value is -3.01. The molecule has 1 aliphatic rings. The van der Waals surface area contributed by atoms with Gasteiger partial charge in [-0.3, -0.25) is 9.78 Å². The van der Waals surface area contributed by atoms with Gasteiger partial charge in [-0.2, -0.15) is 5.10 Å². The van der Waals surface area contributed by atoms with Crippen molar-refractivity contribution < 1.29 is 4.79 Å². The molecule has 118 valence electrons. The summed E-state index contributed by atoms with van der Waals surface area (Å²) in [6, 6.07) is 19.9. The van der Waals surface area contributed by atoms with Crippen LogP contribution in [0.4, 0.5) is 0 Å². The van der Waals surface area contributed by atoms with E-state index in [4.69, 9.17) is 0 Å². The van der Waals surface area contributed by atoms with Crippen LogP contribution in [0.1, 0.15) is 23.5 Å². The lowest BCUT2D eigenvalue weighted by Crippen LogP contribution is -2.20. The molecule has 2 aromatic carbocycles. The topological polar surface area (TPSA) is 54.4 Å². The zero-order valence-electron chi connectivity index (χ0n) is 13.1. The predicted molar refractivity (Wildman–Crippen MR) is 94.8 cm³/mol. The number of para-hydroxylation sites is 1. The van der Waals surface area contributed by atoms with Crippen molar-refractivity contribution in [3.05, 3.63) is 78.0 Å². The molecule has 24 heavy (non-hydrogen) atoms. The van der Waals surface area contributed by atoms with Crippen LogP contribution in [0.25, 0.3) is 10.9 Å². The minimum Gasteiger partial charge on any atom is -0.273 e. The summed E-state index contributed by atoms with van der Waals surface area (Å²) in [5.74, 6) is 0.334. The number of carbonyl (C=O) groups is 1. The largest absolute Gasteiger partial charge is 0.273 e. The molecule has 0 spiro atoms. The van der Waals surface area contributed by atoms with Gasteiger partial charge in [-0.05, 0) is 30.0 Å². The number of rotatable bonds is 4. The summed E-state index contributed by atoms with van der Waals surface area (Å²) in [5, 5.41) is 5.15. The van der Waals surface area contributed by atoms with Gasteiger partial charge in [0, 0.05) is 23.1 Å². The second-order valence-corrected chi connectivity index (χ2v) is 6.01. The molecule has 1 aromatic heterocycles. The van der Waals surface area contributed by atoms with E-state index in [9.17, 15) is 4.79 Å². The highest BCUT2D eigenvalue weighted by atomic mass is 16.2. The van der Waals surface area contributed by atoms with Crippen LogP contribution in [-0.2, 0) is 4.79 Å². The monoisotopic (exact) mass is 315 g/mol. The summed E-state index contributed by atoms with van der Waals surface area (Å²) >= 11 is 0. The molecule has 0 aliphatic heterocycles. The van der Waals surface area contributed by atoms with Crippen molar-refractivity contribution >= 4 is 23.0 Å². The molecule has 0 radical (unpaired) electrons. The molecule has 1 N–H and O–H groups in total. The molecule has 2 unspecified atom stereocenters. The average molecular weight is 315 g/mol. The fourth-order valence-electron chi connectivity index (χ4n) is 3.03. The summed E-state index contributed by atoms with van der Waals surface area (Å²) < 4.78 is 0. The number of benzene rings is 2. The molecule has 1 aliphatic carbocycles. The summed E-state index contributed by atoms with van der Waals surface area (Å²) in [6.07, 6.45) is 4.32. The fourth-order valence-corrected chi connectivity index (χ4v) is 3.03. The van der Waals surface area contributed by atoms with E-state index in [0.29, 0.717) is 5.92 Å². The van der Waals surface area contributed by atoms with Crippen LogP contribution in [0.15, 0.2) is 72.0 Å². The molecular formula is C20H17N3O. The quantitative estimate of drug-likeness (QED) is 0.592. The van der Waals surface area contributed by atoms with Crippen molar-refractivity contribution in [1.82, 2.24) is 10.4 Å². The average Bonchev–Trinajstić information content (AvgIpc) is 3.43. The Bertz CT molecular complexity index is 900. The van der Waals surface area contributed by atoms with E-state index in [0.717, 1.165) is 22.9 Å². The molecule has 1 heterocycles. The zero-order chi connectivity index (χ0) is 16.4. The number of hydrazone groups is 1. The highest BCUT2D eigenvalue weighted by Crippen LogP contribution is 2.47. The van der Waals surface area contributed by atoms with Crippen molar-refractivity contribution in [2.24, 2.45) is 11.0 Å². The van der Waals surface area contributed by atoms with E-state index in [2.05, 4.69) is 27.6 Å². The molecule has 0 bridgehead atoms. The Morgan fingerprint density at radius 1 is 1.08 bits per heavy atom. The zero-order valence-corrected chi connectivity index (χ0v) is 13.1. The van der Waals surface area contributed by atoms with E-state index in [1.54, 1.807) is 12.4 Å². The van der Waals surface area contributed by atoms with Crippen LogP contribution in [0.3, 0.4) is 0 Å². The van der Waals surface area contributed by atoms with E-state index in [1.165, 1.54) is 5.56 Å². The number of fused-ring (bicyclic) bond motifs is 1. The van der Waals surface area contributed by atoms with Gasteiger partial charge in [-0.25, -0.2) is 5.43 Å². The predicted octanol–water partition coefficient (Wildman–Crippen LogP) is 3.49. The highest BCUT2D eigenvalue weighted by Gasteiger charge is 2.43. The first-order chi connectivity index (χ1) is 11.8. The van der Waals surface area contributed by atoms with Crippen molar-refractivity contribution in [2.75, 3.05) is 0 Å². The number of hydrogen-bond donors (Lipinski definition) is 1. The van der Waals surface area contributed by atoms with Crippen molar-refractivity contribution in [1.29, 1.82) is 0 Å². The van der Waals surface area contributed by atoms with Gasteiger partial charge in [-0.1, -0.05) is 48.5 Å². The number of carbonyl (C=O) groups excluding carboxylic acids is 1. The number of pyridine rings is 1. The van der Waals surface area contributed by atoms with E-state index < -0.39 is 0 Å². The Morgan fingerprint density at radius 2 is 1.88 bits per heavy atom. The summed E-state index contributed by atoms with van der Waals surface area (Å²) in [5.41, 5.74) is 5.75. The Balaban J connectivity index is 1.42. The molecule has 4 rings (SSSR count). The minimum absolute atomic E-state index is 0.0153. The van der Waals surface area contributed by atoms with Gasteiger partial charge in [-0.15, -0.1) is 0 Å². The summed E-state index contributed by atoms with van der Waals surface area (Å²) in [6.45, 7) is 0. The lowest BCUT2D eigenvalue weighted by molar-refractivity contribution is -0.122. The van der Waals surface area contributed by atoms with Crippen LogP contribution in [0.5, 0.6) is 0 Å². The third-order valence-corrected chi connectivity index (χ3v) is 4.42. The number of amides is 1. The van der Waals surface area contributed by atoms with Crippen molar-refractivity contribution in [2.45, 2.75) is 12.3 Å². The number of nitrogens with zero attached hydrogens (tertiary/aromatic N) is 2. The Kier molecular flexibility index (Phi) is 3.79. The smallest absolute Gasteiger partial charge is 0.243 e. The van der Waals surface area contributed by atoms with Gasteiger partial charge in [0.15, 0.2) is 0 Å². The van der Waals surface area contributed by atoms with Crippen LogP contribution >= 0.6 is 0 Å². The molecule has 1 amide bonds. The Labute approximate surface area is 140 Å². The van der Waals surface area contributed by atoms with Crippen molar-refractivity contribution in [3.63, 3.8) is 0 Å². The molecule has 1 fully saturated rings. The van der Waals surface area contributed by atoms with Crippen LogP contribution < -0.4 is 5.43 Å². The number of nitrogens with one attached hydrogen (secondary N) is 1. The maximum Gasteiger partial charge on any atom is 0.243 e. The van der Waals surface area contributed by atoms with Gasteiger partial charge in [0.1, 0.15) is 0 Å². The minimum atomic E-state index is -0.0153. The first kappa shape index (κ1) is 14.6. The molecule has 1 saturated carbocycles. The molecule has 3 aromatic rings. The molecule has 2 atom stereocenters. The van der Waals surface area contributed by atoms with Crippen LogP contribution in [0, 0.1) is 5.92 Å². The normalized spacial score (nSPS) is 19.5. The second kappa shape index (κ2) is 6.24. The van der Waals surface area contributed by atoms with Gasteiger partial charge in [0.05, 0.1) is 11.7 Å². The van der Waals surface area contributed by atoms with Crippen LogP contribution in [-0.4, -0.2) is 17.1 Å². The maximum atomic E-state index is 12.2. The molecule has 4 nitrogen and oxygen atoms in total. The molecule has 4 heteroatoms. The number of aromatic nitrogens is 1. The molecule has 0 saturated heterocycles. The lowest BCUT2D eigenvalue weighted by atomic mass is 10.1. The van der Waals surface area contributed by atoms with E-state index >= 15 is 0 Å². The van der Waals surface area contributed by atoms with Gasteiger partial charge in [0.2, 0.25) is 5.91 Å². The first-order valence-electron chi connectivity index (χ1n) is 8.04. The summed E-state index contributed by atoms with van der Waals surface area (Å²) in [4.78, 5) is 16.5. The van der Waals surface area contributed by atoms with E-state index in [1.807, 2.05) is 48.5 Å². The van der Waals surface area contributed by atoms with Crippen LogP contribution in [0.2, 0.25) is 0 Å². The first-order valence-corrected chi connectivity index (χ1v) is 8.04. The highest BCUT2D eigenvalue weighted by molar-refractivity contribution is 5.98. The lowest BCUT2D eigenvalue weighted by Gasteiger charge is -2.02. The standard InChI is InChI=1S/C20H17N3O/c24-20(18-12-17(18)14-6-2-1-3-7-14)23-22-13-15-10-11-21-19-9-5-4-8-16(15)19/h1-11,13,17-18H,12H2,(H,23,24). The van der Waals surface area contributed by atoms with Crippen molar-refractivity contribution in [3.8, 4) is 0 Å². The third-order valence-electron chi connectivity index (χ3n) is 4.42. The third kappa shape index (κ3) is 2.91. The Morgan fingerprint density at radius 3 is 2.75 bits per heavy atom. The number of hydrogen-bond acceptors (Lipinski definition) is 3. The maximum absolute atomic E-state index is 12.2. The fraction of sp³-hybridized carbons (Fsp3) is 0.150.